The molecule has 3 nitrogen and oxygen atoms in total. The number of nitrogen functional groups attached to an aromatic ring is 1. The molecule has 1 saturated carbocycles. The first-order chi connectivity index (χ1) is 8.00. The maximum Gasteiger partial charge on any atom is 0.311 e. The standard InChI is InChI=1S/C12H13F2NO2/c13-7-4-8(11(15)9(14)5-7)10(12(16)17)6-2-1-3-6/h4-6,10H,1-3,15H2,(H,16,17). The zero-order valence-corrected chi connectivity index (χ0v) is 9.12. The van der Waals surface area contributed by atoms with E-state index in [0.717, 1.165) is 25.3 Å². The summed E-state index contributed by atoms with van der Waals surface area (Å²) in [6.07, 6.45) is 2.47. The number of aliphatic carboxylic acids is 1. The minimum Gasteiger partial charge on any atom is -0.481 e. The molecule has 2 rings (SSSR count). The molecule has 0 saturated heterocycles. The summed E-state index contributed by atoms with van der Waals surface area (Å²) in [5, 5.41) is 9.17. The summed E-state index contributed by atoms with van der Waals surface area (Å²) < 4.78 is 26.4. The molecule has 0 aliphatic heterocycles. The van der Waals surface area contributed by atoms with Crippen LogP contribution in [0.2, 0.25) is 0 Å². The highest BCUT2D eigenvalue weighted by Crippen LogP contribution is 2.41. The van der Waals surface area contributed by atoms with Crippen LogP contribution in [0.1, 0.15) is 30.7 Å². The van der Waals surface area contributed by atoms with Crippen LogP contribution in [0.25, 0.3) is 0 Å². The Balaban J connectivity index is 2.45. The van der Waals surface area contributed by atoms with Gasteiger partial charge in [0, 0.05) is 6.07 Å². The van der Waals surface area contributed by atoms with Gasteiger partial charge in [0.05, 0.1) is 11.6 Å². The molecule has 3 N–H and O–H groups in total. The third-order valence-electron chi connectivity index (χ3n) is 3.35. The van der Waals surface area contributed by atoms with Crippen LogP contribution in [-0.2, 0) is 4.79 Å². The van der Waals surface area contributed by atoms with Gasteiger partial charge in [-0.1, -0.05) is 6.42 Å². The molecule has 5 heteroatoms. The fourth-order valence-corrected chi connectivity index (χ4v) is 2.22. The van der Waals surface area contributed by atoms with Gasteiger partial charge in [0.2, 0.25) is 0 Å². The second-order valence-electron chi connectivity index (χ2n) is 4.40. The van der Waals surface area contributed by atoms with Crippen molar-refractivity contribution in [3.8, 4) is 0 Å². The highest BCUT2D eigenvalue weighted by atomic mass is 19.1. The molecule has 0 radical (unpaired) electrons. The van der Waals surface area contributed by atoms with Gasteiger partial charge in [0.1, 0.15) is 11.6 Å². The predicted molar refractivity (Wildman–Crippen MR) is 58.5 cm³/mol. The molecule has 0 amide bonds. The number of nitrogens with two attached hydrogens (primary N) is 1. The van der Waals surface area contributed by atoms with Gasteiger partial charge in [0.15, 0.2) is 0 Å². The predicted octanol–water partition coefficient (Wildman–Crippen LogP) is 2.52. The van der Waals surface area contributed by atoms with Crippen molar-refractivity contribution in [2.45, 2.75) is 25.2 Å². The van der Waals surface area contributed by atoms with Gasteiger partial charge in [0.25, 0.3) is 0 Å². The maximum absolute atomic E-state index is 13.3. The largest absolute Gasteiger partial charge is 0.481 e. The van der Waals surface area contributed by atoms with Crippen LogP contribution in [0, 0.1) is 17.6 Å². The van der Waals surface area contributed by atoms with Crippen molar-refractivity contribution in [2.24, 2.45) is 5.92 Å². The monoisotopic (exact) mass is 241 g/mol. The van der Waals surface area contributed by atoms with Crippen LogP contribution in [0.15, 0.2) is 12.1 Å². The van der Waals surface area contributed by atoms with E-state index in [4.69, 9.17) is 10.8 Å². The molecule has 0 spiro atoms. The number of rotatable bonds is 3. The molecule has 1 atom stereocenters. The summed E-state index contributed by atoms with van der Waals surface area (Å²) in [4.78, 5) is 11.2. The van der Waals surface area contributed by atoms with E-state index >= 15 is 0 Å². The Kier molecular flexibility index (Phi) is 3.00. The van der Waals surface area contributed by atoms with Gasteiger partial charge >= 0.3 is 5.97 Å². The van der Waals surface area contributed by atoms with Crippen molar-refractivity contribution in [3.63, 3.8) is 0 Å². The molecule has 1 fully saturated rings. The molecule has 1 aromatic carbocycles. The summed E-state index contributed by atoms with van der Waals surface area (Å²) in [7, 11) is 0. The topological polar surface area (TPSA) is 63.3 Å². The highest BCUT2D eigenvalue weighted by Gasteiger charge is 2.35. The average Bonchev–Trinajstić information content (AvgIpc) is 2.16. The van der Waals surface area contributed by atoms with Crippen molar-refractivity contribution in [3.05, 3.63) is 29.3 Å². The number of carboxylic acids is 1. The Morgan fingerprint density at radius 1 is 1.41 bits per heavy atom. The van der Waals surface area contributed by atoms with Crippen LogP contribution in [0.3, 0.4) is 0 Å². The maximum atomic E-state index is 13.3. The number of hydrogen-bond donors (Lipinski definition) is 2. The lowest BCUT2D eigenvalue weighted by molar-refractivity contribution is -0.141. The van der Waals surface area contributed by atoms with Gasteiger partial charge in [-0.3, -0.25) is 4.79 Å². The molecule has 1 aromatic rings. The van der Waals surface area contributed by atoms with Crippen LogP contribution in [-0.4, -0.2) is 11.1 Å². The molecular formula is C12H13F2NO2. The Labute approximate surface area is 97.2 Å². The summed E-state index contributed by atoms with van der Waals surface area (Å²) in [5.41, 5.74) is 5.30. The number of hydrogen-bond acceptors (Lipinski definition) is 2. The summed E-state index contributed by atoms with van der Waals surface area (Å²) >= 11 is 0. The minimum atomic E-state index is -1.08. The van der Waals surface area contributed by atoms with Crippen LogP contribution < -0.4 is 5.73 Å². The molecule has 0 aromatic heterocycles. The van der Waals surface area contributed by atoms with Gasteiger partial charge in [-0.05, 0) is 30.4 Å². The number of halogens is 2. The molecule has 0 bridgehead atoms. The van der Waals surface area contributed by atoms with E-state index in [-0.39, 0.29) is 17.2 Å². The van der Waals surface area contributed by atoms with Crippen molar-refractivity contribution in [1.29, 1.82) is 0 Å². The molecule has 1 unspecified atom stereocenters. The van der Waals surface area contributed by atoms with E-state index in [1.165, 1.54) is 0 Å². The van der Waals surface area contributed by atoms with E-state index in [1.54, 1.807) is 0 Å². The third kappa shape index (κ3) is 2.09. The number of anilines is 1. The van der Waals surface area contributed by atoms with E-state index < -0.39 is 23.5 Å². The van der Waals surface area contributed by atoms with Gasteiger partial charge < -0.3 is 10.8 Å². The molecule has 1 aliphatic carbocycles. The Morgan fingerprint density at radius 3 is 2.53 bits per heavy atom. The van der Waals surface area contributed by atoms with Gasteiger partial charge in [-0.2, -0.15) is 0 Å². The van der Waals surface area contributed by atoms with Gasteiger partial charge in [-0.15, -0.1) is 0 Å². The number of carboxylic acid groups (broad SMARTS) is 1. The zero-order valence-electron chi connectivity index (χ0n) is 9.12. The quantitative estimate of drug-likeness (QED) is 0.799. The first-order valence-corrected chi connectivity index (χ1v) is 5.48. The third-order valence-corrected chi connectivity index (χ3v) is 3.35. The van der Waals surface area contributed by atoms with Crippen LogP contribution in [0.4, 0.5) is 14.5 Å². The normalized spacial score (nSPS) is 17.5. The fourth-order valence-electron chi connectivity index (χ4n) is 2.22. The lowest BCUT2D eigenvalue weighted by atomic mass is 9.72. The Hall–Kier alpha value is -1.65. The Bertz CT molecular complexity index is 458. The fraction of sp³-hybridized carbons (Fsp3) is 0.417. The first kappa shape index (κ1) is 11.8. The van der Waals surface area contributed by atoms with E-state index in [1.807, 2.05) is 0 Å². The van der Waals surface area contributed by atoms with Crippen molar-refractivity contribution in [1.82, 2.24) is 0 Å². The molecule has 17 heavy (non-hydrogen) atoms. The van der Waals surface area contributed by atoms with Crippen molar-refractivity contribution < 1.29 is 18.7 Å². The minimum absolute atomic E-state index is 0.0553. The van der Waals surface area contributed by atoms with Crippen LogP contribution in [0.5, 0.6) is 0 Å². The number of benzene rings is 1. The van der Waals surface area contributed by atoms with Gasteiger partial charge in [-0.25, -0.2) is 8.78 Å². The van der Waals surface area contributed by atoms with Crippen LogP contribution >= 0.6 is 0 Å². The molecule has 0 heterocycles. The van der Waals surface area contributed by atoms with Crippen molar-refractivity contribution >= 4 is 11.7 Å². The first-order valence-electron chi connectivity index (χ1n) is 5.48. The average molecular weight is 241 g/mol. The second kappa shape index (κ2) is 4.31. The summed E-state index contributed by atoms with van der Waals surface area (Å²) in [6, 6.07) is 1.69. The summed E-state index contributed by atoms with van der Waals surface area (Å²) in [5.74, 6) is -3.75. The van der Waals surface area contributed by atoms with Crippen molar-refractivity contribution in [2.75, 3.05) is 5.73 Å². The lowest BCUT2D eigenvalue weighted by Crippen LogP contribution is -2.27. The SMILES string of the molecule is Nc1c(F)cc(F)cc1C(C(=O)O)C1CCC1. The smallest absolute Gasteiger partial charge is 0.311 e. The number of carbonyl (C=O) groups is 1. The molecular weight excluding hydrogens is 228 g/mol. The van der Waals surface area contributed by atoms with E-state index in [9.17, 15) is 13.6 Å². The second-order valence-corrected chi connectivity index (χ2v) is 4.40. The Morgan fingerprint density at radius 2 is 2.06 bits per heavy atom. The molecule has 92 valence electrons. The molecule has 1 aliphatic rings. The lowest BCUT2D eigenvalue weighted by Gasteiger charge is -2.32. The highest BCUT2D eigenvalue weighted by molar-refractivity contribution is 5.79. The summed E-state index contributed by atoms with van der Waals surface area (Å²) in [6.45, 7) is 0. The van der Waals surface area contributed by atoms with E-state index in [2.05, 4.69) is 0 Å². The zero-order chi connectivity index (χ0) is 12.6. The van der Waals surface area contributed by atoms with E-state index in [0.29, 0.717) is 6.07 Å².